The van der Waals surface area contributed by atoms with Crippen molar-refractivity contribution in [1.29, 1.82) is 0 Å². The molecule has 2 N–H and O–H groups in total. The molecule has 1 aromatic carbocycles. The quantitative estimate of drug-likeness (QED) is 0.797. The third-order valence-corrected chi connectivity index (χ3v) is 4.85. The van der Waals surface area contributed by atoms with Gasteiger partial charge in [-0.15, -0.1) is 0 Å². The fraction of sp³-hybridized carbons (Fsp3) is 0.500. The second-order valence-electron chi connectivity index (χ2n) is 5.44. The van der Waals surface area contributed by atoms with Crippen LogP contribution in [-0.2, 0) is 20.2 Å². The molecule has 0 bridgehead atoms. The Morgan fingerprint density at radius 2 is 1.81 bits per heavy atom. The Kier molecular flexibility index (Phi) is 6.19. The summed E-state index contributed by atoms with van der Waals surface area (Å²) in [5, 5.41) is 3.28. The average Bonchev–Trinajstić information content (AvgIpc) is 2.38. The maximum absolute atomic E-state index is 11.9. The predicted molar refractivity (Wildman–Crippen MR) is 85.0 cm³/mol. The second kappa shape index (κ2) is 7.24. The molecule has 1 rings (SSSR count). The number of amides is 1. The van der Waals surface area contributed by atoms with Gasteiger partial charge in [-0.3, -0.25) is 4.79 Å². The van der Waals surface area contributed by atoms with Crippen molar-refractivity contribution in [2.75, 3.05) is 19.3 Å². The minimum absolute atomic E-state index is 0.0959. The number of hydrogen-bond acceptors (Lipinski definition) is 3. The summed E-state index contributed by atoms with van der Waals surface area (Å²) >= 11 is 5.85. The van der Waals surface area contributed by atoms with Crippen molar-refractivity contribution in [3.8, 4) is 0 Å². The molecule has 0 radical (unpaired) electrons. The van der Waals surface area contributed by atoms with Crippen LogP contribution in [0.3, 0.4) is 0 Å². The van der Waals surface area contributed by atoms with E-state index in [-0.39, 0.29) is 30.0 Å². The number of hydrogen-bond donors (Lipinski definition) is 2. The minimum atomic E-state index is -3.30. The van der Waals surface area contributed by atoms with Crippen LogP contribution < -0.4 is 10.0 Å². The Hall–Kier alpha value is -1.11. The van der Waals surface area contributed by atoms with Gasteiger partial charge in [0, 0.05) is 18.0 Å². The van der Waals surface area contributed by atoms with Gasteiger partial charge in [-0.2, -0.15) is 0 Å². The first-order valence-electron chi connectivity index (χ1n) is 6.60. The van der Waals surface area contributed by atoms with Gasteiger partial charge in [0.05, 0.1) is 5.75 Å². The highest BCUT2D eigenvalue weighted by Gasteiger charge is 2.24. The van der Waals surface area contributed by atoms with Gasteiger partial charge >= 0.3 is 0 Å². The number of sulfonamides is 1. The van der Waals surface area contributed by atoms with Crippen LogP contribution >= 0.6 is 11.6 Å². The van der Waals surface area contributed by atoms with Crippen LogP contribution in [0.1, 0.15) is 25.8 Å². The SMILES string of the molecule is CNS(=O)(=O)CCNC(=O)CC(C)(C)c1ccc(Cl)cc1. The molecule has 0 atom stereocenters. The number of benzene rings is 1. The molecule has 1 aromatic rings. The first kappa shape index (κ1) is 17.9. The molecule has 0 saturated heterocycles. The van der Waals surface area contributed by atoms with E-state index in [4.69, 9.17) is 11.6 Å². The van der Waals surface area contributed by atoms with Crippen molar-refractivity contribution in [3.05, 3.63) is 34.9 Å². The fourth-order valence-corrected chi connectivity index (χ4v) is 2.59. The molecule has 0 aliphatic rings. The lowest BCUT2D eigenvalue weighted by molar-refractivity contribution is -0.122. The van der Waals surface area contributed by atoms with Crippen LogP contribution in [0.5, 0.6) is 0 Å². The molecule has 0 spiro atoms. The minimum Gasteiger partial charge on any atom is -0.355 e. The van der Waals surface area contributed by atoms with Gasteiger partial charge in [-0.1, -0.05) is 37.6 Å². The van der Waals surface area contributed by atoms with Crippen molar-refractivity contribution >= 4 is 27.5 Å². The molecule has 118 valence electrons. The standard InChI is InChI=1S/C14H21ClN2O3S/c1-14(2,11-4-6-12(15)7-5-11)10-13(18)17-8-9-21(19,20)16-3/h4-7,16H,8-10H2,1-3H3,(H,17,18). The van der Waals surface area contributed by atoms with Gasteiger partial charge in [0.1, 0.15) is 0 Å². The summed E-state index contributed by atoms with van der Waals surface area (Å²) in [6, 6.07) is 7.36. The zero-order chi connectivity index (χ0) is 16.1. The van der Waals surface area contributed by atoms with Gasteiger partial charge in [0.25, 0.3) is 0 Å². The zero-order valence-electron chi connectivity index (χ0n) is 12.4. The number of rotatable bonds is 7. The predicted octanol–water partition coefficient (Wildman–Crippen LogP) is 1.67. The van der Waals surface area contributed by atoms with Crippen LogP contribution in [0.2, 0.25) is 5.02 Å². The maximum Gasteiger partial charge on any atom is 0.220 e. The number of halogens is 1. The maximum atomic E-state index is 11.9. The highest BCUT2D eigenvalue weighted by molar-refractivity contribution is 7.89. The van der Waals surface area contributed by atoms with Gasteiger partial charge in [0.15, 0.2) is 0 Å². The smallest absolute Gasteiger partial charge is 0.220 e. The van der Waals surface area contributed by atoms with E-state index >= 15 is 0 Å². The van der Waals surface area contributed by atoms with Crippen LogP contribution in [-0.4, -0.2) is 33.7 Å². The molecule has 21 heavy (non-hydrogen) atoms. The largest absolute Gasteiger partial charge is 0.355 e. The van der Waals surface area contributed by atoms with Gasteiger partial charge in [-0.25, -0.2) is 13.1 Å². The molecule has 0 aliphatic carbocycles. The third kappa shape index (κ3) is 6.03. The summed E-state index contributed by atoms with van der Waals surface area (Å²) in [6.07, 6.45) is 0.272. The summed E-state index contributed by atoms with van der Waals surface area (Å²) in [5.74, 6) is -0.308. The van der Waals surface area contributed by atoms with Crippen molar-refractivity contribution in [3.63, 3.8) is 0 Å². The summed E-state index contributed by atoms with van der Waals surface area (Å²) in [4.78, 5) is 11.9. The molecule has 0 aromatic heterocycles. The molecule has 0 aliphatic heterocycles. The Balaban J connectivity index is 2.55. The van der Waals surface area contributed by atoms with Gasteiger partial charge < -0.3 is 5.32 Å². The first-order chi connectivity index (χ1) is 9.66. The van der Waals surface area contributed by atoms with Crippen LogP contribution in [0.25, 0.3) is 0 Å². The summed E-state index contributed by atoms with van der Waals surface area (Å²) in [6.45, 7) is 4.01. The molecule has 0 saturated carbocycles. The zero-order valence-corrected chi connectivity index (χ0v) is 14.0. The molecule has 0 unspecified atom stereocenters. The lowest BCUT2D eigenvalue weighted by Gasteiger charge is -2.24. The average molecular weight is 333 g/mol. The van der Waals surface area contributed by atoms with Gasteiger partial charge in [0.2, 0.25) is 15.9 Å². The summed E-state index contributed by atoms with van der Waals surface area (Å²) in [7, 11) is -1.95. The van der Waals surface area contributed by atoms with Crippen LogP contribution in [0, 0.1) is 0 Å². The number of carbonyl (C=O) groups excluding carboxylic acids is 1. The topological polar surface area (TPSA) is 75.3 Å². The van der Waals surface area contributed by atoms with E-state index < -0.39 is 10.0 Å². The second-order valence-corrected chi connectivity index (χ2v) is 7.92. The van der Waals surface area contributed by atoms with Gasteiger partial charge in [-0.05, 0) is 30.2 Å². The van der Waals surface area contributed by atoms with E-state index in [0.29, 0.717) is 5.02 Å². The molecule has 5 nitrogen and oxygen atoms in total. The molecule has 0 heterocycles. The number of nitrogens with one attached hydrogen (secondary N) is 2. The van der Waals surface area contributed by atoms with E-state index in [1.54, 1.807) is 12.1 Å². The van der Waals surface area contributed by atoms with E-state index in [1.807, 2.05) is 26.0 Å². The highest BCUT2D eigenvalue weighted by atomic mass is 35.5. The Bertz CT molecular complexity index is 583. The lowest BCUT2D eigenvalue weighted by atomic mass is 9.81. The molecular formula is C14H21ClN2O3S. The van der Waals surface area contributed by atoms with E-state index in [9.17, 15) is 13.2 Å². The molecule has 7 heteroatoms. The third-order valence-electron chi connectivity index (χ3n) is 3.23. The van der Waals surface area contributed by atoms with E-state index in [1.165, 1.54) is 7.05 Å². The molecular weight excluding hydrogens is 312 g/mol. The monoisotopic (exact) mass is 332 g/mol. The van der Waals surface area contributed by atoms with Crippen molar-refractivity contribution < 1.29 is 13.2 Å². The Labute approximate surface area is 131 Å². The Morgan fingerprint density at radius 1 is 1.24 bits per heavy atom. The molecule has 1 amide bonds. The van der Waals surface area contributed by atoms with Crippen molar-refractivity contribution in [2.24, 2.45) is 0 Å². The van der Waals surface area contributed by atoms with Crippen molar-refractivity contribution in [1.82, 2.24) is 10.0 Å². The normalized spacial score (nSPS) is 12.2. The number of carbonyl (C=O) groups is 1. The lowest BCUT2D eigenvalue weighted by Crippen LogP contribution is -2.35. The molecule has 0 fully saturated rings. The van der Waals surface area contributed by atoms with Crippen LogP contribution in [0.4, 0.5) is 0 Å². The van der Waals surface area contributed by atoms with Crippen LogP contribution in [0.15, 0.2) is 24.3 Å². The van der Waals surface area contributed by atoms with E-state index in [2.05, 4.69) is 10.0 Å². The Morgan fingerprint density at radius 3 is 2.33 bits per heavy atom. The van der Waals surface area contributed by atoms with E-state index in [0.717, 1.165) is 5.56 Å². The first-order valence-corrected chi connectivity index (χ1v) is 8.63. The summed E-state index contributed by atoms with van der Waals surface area (Å²) < 4.78 is 24.7. The summed E-state index contributed by atoms with van der Waals surface area (Å²) in [5.41, 5.74) is 0.654. The fourth-order valence-electron chi connectivity index (χ4n) is 1.89. The highest BCUT2D eigenvalue weighted by Crippen LogP contribution is 2.27. The van der Waals surface area contributed by atoms with Crippen molar-refractivity contribution in [2.45, 2.75) is 25.7 Å².